The van der Waals surface area contributed by atoms with Crippen LogP contribution in [0.3, 0.4) is 0 Å². The third kappa shape index (κ3) is 3.72. The van der Waals surface area contributed by atoms with Crippen LogP contribution < -0.4 is 0 Å². The van der Waals surface area contributed by atoms with Crippen molar-refractivity contribution in [2.45, 2.75) is 51.0 Å². The average molecular weight is 272 g/mol. The summed E-state index contributed by atoms with van der Waals surface area (Å²) in [6.07, 6.45) is 6.04. The van der Waals surface area contributed by atoms with Crippen LogP contribution in [-0.2, 0) is 0 Å². The van der Waals surface area contributed by atoms with E-state index in [0.29, 0.717) is 18.4 Å². The minimum atomic E-state index is -1.22. The minimum Gasteiger partial charge on any atom is -0.388 e. The number of halogens is 3. The smallest absolute Gasteiger partial charge is 0.161 e. The van der Waals surface area contributed by atoms with Crippen LogP contribution in [0.25, 0.3) is 0 Å². The molecule has 4 heteroatoms. The molecular formula is C15H19F3O. The lowest BCUT2D eigenvalue weighted by atomic mass is 9.91. The molecule has 0 radical (unpaired) electrons. The molecular weight excluding hydrogens is 253 g/mol. The largest absolute Gasteiger partial charge is 0.388 e. The first-order valence-corrected chi connectivity index (χ1v) is 6.90. The molecule has 1 nitrogen and oxygen atoms in total. The molecule has 1 aromatic carbocycles. The van der Waals surface area contributed by atoms with Gasteiger partial charge in [0.15, 0.2) is 11.6 Å². The van der Waals surface area contributed by atoms with Crippen LogP contribution in [-0.4, -0.2) is 5.11 Å². The number of rotatable bonds is 3. The Kier molecular flexibility index (Phi) is 4.86. The SMILES string of the molecule is OC(CC1CCCCCC1)c1cc(F)c(F)cc1F. The number of aliphatic hydroxyl groups excluding tert-OH is 1. The van der Waals surface area contributed by atoms with Gasteiger partial charge in [-0.2, -0.15) is 0 Å². The highest BCUT2D eigenvalue weighted by molar-refractivity contribution is 5.22. The van der Waals surface area contributed by atoms with Gasteiger partial charge in [0, 0.05) is 11.6 Å². The molecule has 0 amide bonds. The minimum absolute atomic E-state index is 0.136. The second-order valence-electron chi connectivity index (χ2n) is 5.40. The molecule has 0 spiro atoms. The summed E-state index contributed by atoms with van der Waals surface area (Å²) >= 11 is 0. The van der Waals surface area contributed by atoms with Crippen LogP contribution in [0.4, 0.5) is 13.2 Å². The van der Waals surface area contributed by atoms with E-state index in [2.05, 4.69) is 0 Å². The Balaban J connectivity index is 2.06. The van der Waals surface area contributed by atoms with E-state index in [0.717, 1.165) is 31.7 Å². The van der Waals surface area contributed by atoms with Crippen molar-refractivity contribution >= 4 is 0 Å². The topological polar surface area (TPSA) is 20.2 Å². The molecule has 1 unspecified atom stereocenters. The van der Waals surface area contributed by atoms with Gasteiger partial charge in [0.2, 0.25) is 0 Å². The molecule has 0 heterocycles. The van der Waals surface area contributed by atoms with Crippen LogP contribution in [0.1, 0.15) is 56.6 Å². The van der Waals surface area contributed by atoms with Crippen LogP contribution >= 0.6 is 0 Å². The van der Waals surface area contributed by atoms with Crippen LogP contribution in [0.5, 0.6) is 0 Å². The lowest BCUT2D eigenvalue weighted by molar-refractivity contribution is 0.134. The lowest BCUT2D eigenvalue weighted by Gasteiger charge is -2.19. The normalized spacial score (nSPS) is 19.2. The Labute approximate surface area is 111 Å². The highest BCUT2D eigenvalue weighted by atomic mass is 19.2. The van der Waals surface area contributed by atoms with E-state index in [1.165, 1.54) is 12.8 Å². The fraction of sp³-hybridized carbons (Fsp3) is 0.600. The van der Waals surface area contributed by atoms with E-state index in [-0.39, 0.29) is 5.56 Å². The molecule has 106 valence electrons. The summed E-state index contributed by atoms with van der Waals surface area (Å²) < 4.78 is 39.5. The van der Waals surface area contributed by atoms with Crippen LogP contribution in [0.15, 0.2) is 12.1 Å². The molecule has 1 aliphatic carbocycles. The van der Waals surface area contributed by atoms with Crippen molar-refractivity contribution < 1.29 is 18.3 Å². The number of hydrogen-bond acceptors (Lipinski definition) is 1. The number of hydrogen-bond donors (Lipinski definition) is 1. The molecule has 0 saturated heterocycles. The average Bonchev–Trinajstić information content (AvgIpc) is 2.62. The molecule has 1 fully saturated rings. The van der Waals surface area contributed by atoms with E-state index >= 15 is 0 Å². The molecule has 0 bridgehead atoms. The quantitative estimate of drug-likeness (QED) is 0.634. The van der Waals surface area contributed by atoms with Crippen molar-refractivity contribution in [1.82, 2.24) is 0 Å². The molecule has 0 aromatic heterocycles. The highest BCUT2D eigenvalue weighted by Crippen LogP contribution is 2.32. The summed E-state index contributed by atoms with van der Waals surface area (Å²) in [6.45, 7) is 0. The second kappa shape index (κ2) is 6.42. The molecule has 2 rings (SSSR count). The zero-order valence-corrected chi connectivity index (χ0v) is 10.8. The van der Waals surface area contributed by atoms with E-state index in [4.69, 9.17) is 0 Å². The molecule has 1 aromatic rings. The van der Waals surface area contributed by atoms with Crippen molar-refractivity contribution in [3.63, 3.8) is 0 Å². The van der Waals surface area contributed by atoms with Crippen molar-refractivity contribution in [3.05, 3.63) is 35.1 Å². The van der Waals surface area contributed by atoms with Crippen LogP contribution in [0.2, 0.25) is 0 Å². The van der Waals surface area contributed by atoms with Crippen molar-refractivity contribution in [2.75, 3.05) is 0 Å². The maximum absolute atomic E-state index is 13.5. The summed E-state index contributed by atoms with van der Waals surface area (Å²) in [4.78, 5) is 0. The van der Waals surface area contributed by atoms with Gasteiger partial charge in [0.1, 0.15) is 5.82 Å². The number of aliphatic hydroxyl groups is 1. The Morgan fingerprint density at radius 1 is 0.947 bits per heavy atom. The predicted octanol–water partition coefficient (Wildman–Crippen LogP) is 4.50. The number of benzene rings is 1. The lowest BCUT2D eigenvalue weighted by Crippen LogP contribution is -2.09. The molecule has 1 N–H and O–H groups in total. The molecule has 1 saturated carbocycles. The monoisotopic (exact) mass is 272 g/mol. The fourth-order valence-electron chi connectivity index (χ4n) is 2.84. The summed E-state index contributed by atoms with van der Waals surface area (Å²) in [5, 5.41) is 10.0. The third-order valence-electron chi connectivity index (χ3n) is 3.93. The van der Waals surface area contributed by atoms with Crippen molar-refractivity contribution in [2.24, 2.45) is 5.92 Å². The molecule has 19 heavy (non-hydrogen) atoms. The standard InChI is InChI=1S/C15H19F3O/c16-12-9-14(18)13(17)8-11(12)15(19)7-10-5-3-1-2-4-6-10/h8-10,15,19H,1-7H2. The maximum Gasteiger partial charge on any atom is 0.161 e. The summed E-state index contributed by atoms with van der Waals surface area (Å²) in [6, 6.07) is 1.27. The zero-order valence-electron chi connectivity index (χ0n) is 10.8. The van der Waals surface area contributed by atoms with Gasteiger partial charge in [-0.05, 0) is 18.4 Å². The van der Waals surface area contributed by atoms with Gasteiger partial charge in [-0.25, -0.2) is 13.2 Å². The van der Waals surface area contributed by atoms with Crippen molar-refractivity contribution in [1.29, 1.82) is 0 Å². The molecule has 1 atom stereocenters. The van der Waals surface area contributed by atoms with E-state index < -0.39 is 23.6 Å². The van der Waals surface area contributed by atoms with Crippen molar-refractivity contribution in [3.8, 4) is 0 Å². The molecule has 0 aliphatic heterocycles. The van der Waals surface area contributed by atoms with Gasteiger partial charge in [0.05, 0.1) is 6.10 Å². The van der Waals surface area contributed by atoms with E-state index in [1.54, 1.807) is 0 Å². The first kappa shape index (κ1) is 14.4. The van der Waals surface area contributed by atoms with Crippen LogP contribution in [0, 0.1) is 23.4 Å². The first-order valence-electron chi connectivity index (χ1n) is 6.90. The zero-order chi connectivity index (χ0) is 13.8. The summed E-state index contributed by atoms with van der Waals surface area (Å²) in [5.74, 6) is -2.87. The van der Waals surface area contributed by atoms with Gasteiger partial charge < -0.3 is 5.11 Å². The predicted molar refractivity (Wildman–Crippen MR) is 67.1 cm³/mol. The first-order chi connectivity index (χ1) is 9.08. The summed E-state index contributed by atoms with van der Waals surface area (Å²) in [5.41, 5.74) is -0.136. The molecule has 1 aliphatic rings. The van der Waals surface area contributed by atoms with Gasteiger partial charge in [-0.1, -0.05) is 38.5 Å². The Morgan fingerprint density at radius 2 is 1.53 bits per heavy atom. The Bertz CT molecular complexity index is 426. The van der Waals surface area contributed by atoms with Gasteiger partial charge in [-0.15, -0.1) is 0 Å². The van der Waals surface area contributed by atoms with Gasteiger partial charge in [-0.3, -0.25) is 0 Å². The highest BCUT2D eigenvalue weighted by Gasteiger charge is 2.21. The van der Waals surface area contributed by atoms with Gasteiger partial charge >= 0.3 is 0 Å². The fourth-order valence-corrected chi connectivity index (χ4v) is 2.84. The maximum atomic E-state index is 13.5. The Hall–Kier alpha value is -1.03. The third-order valence-corrected chi connectivity index (χ3v) is 3.93. The van der Waals surface area contributed by atoms with E-state index in [1.807, 2.05) is 0 Å². The second-order valence-corrected chi connectivity index (χ2v) is 5.40. The van der Waals surface area contributed by atoms with Gasteiger partial charge in [0.25, 0.3) is 0 Å². The summed E-state index contributed by atoms with van der Waals surface area (Å²) in [7, 11) is 0. The van der Waals surface area contributed by atoms with E-state index in [9.17, 15) is 18.3 Å². The Morgan fingerprint density at radius 3 is 2.16 bits per heavy atom.